The fourth-order valence-electron chi connectivity index (χ4n) is 2.37. The molecule has 1 amide bonds. The van der Waals surface area contributed by atoms with Crippen molar-refractivity contribution in [2.24, 2.45) is 5.92 Å². The van der Waals surface area contributed by atoms with E-state index in [1.165, 1.54) is 7.11 Å². The van der Waals surface area contributed by atoms with Crippen molar-refractivity contribution in [3.63, 3.8) is 0 Å². The van der Waals surface area contributed by atoms with Crippen LogP contribution >= 0.6 is 0 Å². The average molecular weight is 271 g/mol. The van der Waals surface area contributed by atoms with Crippen molar-refractivity contribution >= 4 is 12.1 Å². The fraction of sp³-hybridized carbons (Fsp3) is 0.857. The molecule has 0 spiro atoms. The number of carbonyl (C=O) groups excluding carboxylic acids is 2. The molecule has 0 bridgehead atoms. The molecule has 0 radical (unpaired) electrons. The van der Waals surface area contributed by atoms with Gasteiger partial charge in [0.1, 0.15) is 5.60 Å². The molecule has 1 saturated heterocycles. The molecule has 0 aromatic carbocycles. The highest BCUT2D eigenvalue weighted by Crippen LogP contribution is 2.26. The van der Waals surface area contributed by atoms with Crippen LogP contribution in [0.4, 0.5) is 4.79 Å². The van der Waals surface area contributed by atoms with Crippen LogP contribution in [0.15, 0.2) is 0 Å². The Balaban J connectivity index is 2.77. The van der Waals surface area contributed by atoms with E-state index in [0.717, 1.165) is 19.3 Å². The van der Waals surface area contributed by atoms with Gasteiger partial charge in [0.25, 0.3) is 0 Å². The second-order valence-electron chi connectivity index (χ2n) is 6.05. The van der Waals surface area contributed by atoms with E-state index in [2.05, 4.69) is 0 Å². The molecular formula is C14H25NO4. The molecule has 1 fully saturated rings. The summed E-state index contributed by atoms with van der Waals surface area (Å²) in [5.41, 5.74) is -0.520. The van der Waals surface area contributed by atoms with E-state index in [9.17, 15) is 9.59 Å². The summed E-state index contributed by atoms with van der Waals surface area (Å²) in [7, 11) is 1.37. The maximum atomic E-state index is 12.2. The van der Waals surface area contributed by atoms with Gasteiger partial charge in [-0.1, -0.05) is 0 Å². The minimum atomic E-state index is -0.520. The van der Waals surface area contributed by atoms with Crippen molar-refractivity contribution in [3.05, 3.63) is 0 Å². The number of piperidine rings is 1. The predicted octanol–water partition coefficient (Wildman–Crippen LogP) is 2.59. The van der Waals surface area contributed by atoms with Crippen molar-refractivity contribution in [2.45, 2.75) is 58.6 Å². The molecule has 5 heteroatoms. The second kappa shape index (κ2) is 6.26. The van der Waals surface area contributed by atoms with Gasteiger partial charge in [-0.15, -0.1) is 0 Å². The minimum Gasteiger partial charge on any atom is -0.469 e. The van der Waals surface area contributed by atoms with Crippen LogP contribution in [0.1, 0.15) is 47.0 Å². The zero-order chi connectivity index (χ0) is 14.6. The lowest BCUT2D eigenvalue weighted by Gasteiger charge is -2.38. The lowest BCUT2D eigenvalue weighted by atomic mass is 9.92. The number of hydrogen-bond acceptors (Lipinski definition) is 4. The summed E-state index contributed by atoms with van der Waals surface area (Å²) in [6.45, 7) is 7.97. The predicted molar refractivity (Wildman–Crippen MR) is 71.8 cm³/mol. The Hall–Kier alpha value is -1.26. The van der Waals surface area contributed by atoms with Gasteiger partial charge in [0, 0.05) is 12.6 Å². The van der Waals surface area contributed by atoms with Crippen molar-refractivity contribution in [2.75, 3.05) is 13.7 Å². The summed E-state index contributed by atoms with van der Waals surface area (Å²) in [6.07, 6.45) is 2.44. The molecule has 1 aliphatic rings. The summed E-state index contributed by atoms with van der Waals surface area (Å²) in [4.78, 5) is 25.5. The smallest absolute Gasteiger partial charge is 0.410 e. The Labute approximate surface area is 115 Å². The van der Waals surface area contributed by atoms with Gasteiger partial charge in [-0.25, -0.2) is 4.79 Å². The average Bonchev–Trinajstić information content (AvgIpc) is 2.35. The Kier molecular flexibility index (Phi) is 5.20. The van der Waals surface area contributed by atoms with E-state index >= 15 is 0 Å². The Morgan fingerprint density at radius 2 is 1.89 bits per heavy atom. The molecule has 0 aromatic rings. The van der Waals surface area contributed by atoms with E-state index in [-0.39, 0.29) is 24.0 Å². The number of rotatable bonds is 2. The molecule has 0 unspecified atom stereocenters. The van der Waals surface area contributed by atoms with Crippen LogP contribution in [0.25, 0.3) is 0 Å². The molecule has 0 aromatic heterocycles. The van der Waals surface area contributed by atoms with Gasteiger partial charge in [-0.3, -0.25) is 4.79 Å². The highest BCUT2D eigenvalue weighted by Gasteiger charge is 2.36. The van der Waals surface area contributed by atoms with Crippen molar-refractivity contribution in [1.29, 1.82) is 0 Å². The molecule has 1 aliphatic heterocycles. The van der Waals surface area contributed by atoms with Crippen LogP contribution in [0, 0.1) is 5.92 Å². The van der Waals surface area contributed by atoms with Gasteiger partial charge in [-0.05, 0) is 47.0 Å². The van der Waals surface area contributed by atoms with Gasteiger partial charge in [-0.2, -0.15) is 0 Å². The number of amides is 1. The zero-order valence-electron chi connectivity index (χ0n) is 12.6. The molecule has 110 valence electrons. The van der Waals surface area contributed by atoms with Crippen molar-refractivity contribution in [3.8, 4) is 0 Å². The molecule has 1 heterocycles. The summed E-state index contributed by atoms with van der Waals surface area (Å²) < 4.78 is 10.2. The van der Waals surface area contributed by atoms with E-state index < -0.39 is 5.60 Å². The summed E-state index contributed by atoms with van der Waals surface area (Å²) >= 11 is 0. The lowest BCUT2D eigenvalue weighted by Crippen LogP contribution is -2.50. The molecule has 0 saturated carbocycles. The Morgan fingerprint density at radius 1 is 1.26 bits per heavy atom. The first-order valence-corrected chi connectivity index (χ1v) is 6.83. The first-order chi connectivity index (χ1) is 8.76. The number of carbonyl (C=O) groups is 2. The highest BCUT2D eigenvalue weighted by molar-refractivity contribution is 5.75. The van der Waals surface area contributed by atoms with Crippen LogP contribution in [-0.2, 0) is 14.3 Å². The van der Waals surface area contributed by atoms with Crippen molar-refractivity contribution in [1.82, 2.24) is 4.90 Å². The Morgan fingerprint density at radius 3 is 2.42 bits per heavy atom. The quantitative estimate of drug-likeness (QED) is 0.724. The van der Waals surface area contributed by atoms with E-state index in [4.69, 9.17) is 9.47 Å². The minimum absolute atomic E-state index is 0.129. The molecule has 2 atom stereocenters. The van der Waals surface area contributed by atoms with Gasteiger partial charge in [0.15, 0.2) is 0 Å². The Bertz CT molecular complexity index is 335. The number of nitrogens with zero attached hydrogens (tertiary/aromatic N) is 1. The molecule has 19 heavy (non-hydrogen) atoms. The van der Waals surface area contributed by atoms with Crippen LogP contribution in [0.3, 0.4) is 0 Å². The zero-order valence-corrected chi connectivity index (χ0v) is 12.6. The third kappa shape index (κ3) is 4.40. The molecule has 0 N–H and O–H groups in total. The first-order valence-electron chi connectivity index (χ1n) is 6.83. The standard InChI is InChI=1S/C14H25NO4/c1-10(12(16)18-5)11-8-6-7-9-15(11)13(17)19-14(2,3)4/h10-11H,6-9H2,1-5H3/t10-,11-/m1/s1. The van der Waals surface area contributed by atoms with Gasteiger partial charge in [0.05, 0.1) is 13.0 Å². The maximum absolute atomic E-state index is 12.2. The van der Waals surface area contributed by atoms with E-state index in [1.54, 1.807) is 11.8 Å². The fourth-order valence-corrected chi connectivity index (χ4v) is 2.37. The number of methoxy groups -OCH3 is 1. The SMILES string of the molecule is COC(=O)[C@H](C)[C@H]1CCCCN1C(=O)OC(C)(C)C. The molecule has 5 nitrogen and oxygen atoms in total. The van der Waals surface area contributed by atoms with Gasteiger partial charge < -0.3 is 14.4 Å². The monoisotopic (exact) mass is 271 g/mol. The summed E-state index contributed by atoms with van der Waals surface area (Å²) in [6, 6.07) is -0.129. The van der Waals surface area contributed by atoms with Crippen molar-refractivity contribution < 1.29 is 19.1 Å². The molecule has 1 rings (SSSR count). The molecular weight excluding hydrogens is 246 g/mol. The number of esters is 1. The lowest BCUT2D eigenvalue weighted by molar-refractivity contribution is -0.147. The van der Waals surface area contributed by atoms with Crippen LogP contribution < -0.4 is 0 Å². The van der Waals surface area contributed by atoms with Crippen LogP contribution in [0.5, 0.6) is 0 Å². The normalized spacial score (nSPS) is 21.7. The number of ether oxygens (including phenoxy) is 2. The van der Waals surface area contributed by atoms with E-state index in [1.807, 2.05) is 20.8 Å². The van der Waals surface area contributed by atoms with Crippen LogP contribution in [-0.4, -0.2) is 42.3 Å². The summed E-state index contributed by atoms with van der Waals surface area (Å²) in [5.74, 6) is -0.599. The maximum Gasteiger partial charge on any atom is 0.410 e. The van der Waals surface area contributed by atoms with Crippen LogP contribution in [0.2, 0.25) is 0 Å². The first kappa shape index (κ1) is 15.8. The third-order valence-corrected chi connectivity index (χ3v) is 3.33. The molecule has 0 aliphatic carbocycles. The second-order valence-corrected chi connectivity index (χ2v) is 6.05. The largest absolute Gasteiger partial charge is 0.469 e. The third-order valence-electron chi connectivity index (χ3n) is 3.33. The number of hydrogen-bond donors (Lipinski definition) is 0. The van der Waals surface area contributed by atoms with Gasteiger partial charge in [0.2, 0.25) is 0 Å². The van der Waals surface area contributed by atoms with Gasteiger partial charge >= 0.3 is 12.1 Å². The van der Waals surface area contributed by atoms with E-state index in [0.29, 0.717) is 6.54 Å². The summed E-state index contributed by atoms with van der Waals surface area (Å²) in [5, 5.41) is 0. The topological polar surface area (TPSA) is 55.8 Å². The number of likely N-dealkylation sites (tertiary alicyclic amines) is 1. The highest BCUT2D eigenvalue weighted by atomic mass is 16.6.